The lowest BCUT2D eigenvalue weighted by molar-refractivity contribution is 0.400. The van der Waals surface area contributed by atoms with Gasteiger partial charge in [-0.3, -0.25) is 0 Å². The van der Waals surface area contributed by atoms with E-state index < -0.39 is 0 Å². The maximum atomic E-state index is 6.15. The van der Waals surface area contributed by atoms with Gasteiger partial charge in [-0.2, -0.15) is 4.98 Å². The summed E-state index contributed by atoms with van der Waals surface area (Å²) in [7, 11) is 0. The summed E-state index contributed by atoms with van der Waals surface area (Å²) in [6.07, 6.45) is 0. The predicted octanol–water partition coefficient (Wildman–Crippen LogP) is 4.53. The van der Waals surface area contributed by atoms with Crippen LogP contribution in [0.5, 0.6) is 0 Å². The van der Waals surface area contributed by atoms with Crippen LogP contribution < -0.4 is 10.6 Å². The molecule has 7 heteroatoms. The van der Waals surface area contributed by atoms with Crippen LogP contribution >= 0.6 is 11.6 Å². The van der Waals surface area contributed by atoms with Crippen molar-refractivity contribution < 1.29 is 4.52 Å². The number of hydrogen-bond acceptors (Lipinski definition) is 6. The largest absolute Gasteiger partial charge is 0.360 e. The monoisotopic (exact) mass is 329 g/mol. The molecule has 0 bridgehead atoms. The van der Waals surface area contributed by atoms with Crippen molar-refractivity contribution in [1.82, 2.24) is 15.1 Å². The minimum atomic E-state index is 0.444. The van der Waals surface area contributed by atoms with Gasteiger partial charge < -0.3 is 15.2 Å². The van der Waals surface area contributed by atoms with Crippen LogP contribution in [0.4, 0.5) is 23.3 Å². The number of nitrogens with zero attached hydrogens (tertiary/aromatic N) is 3. The van der Waals surface area contributed by atoms with Crippen LogP contribution in [0, 0.1) is 20.8 Å². The van der Waals surface area contributed by atoms with Crippen molar-refractivity contribution >= 4 is 34.9 Å². The standard InChI is InChI=1S/C16H16ClN5O/c1-9-4-5-12(8-13(9)17)19-14-6-10(2)18-16(20-14)21-15-7-11(3)23-22-15/h4-8H,1-3H3,(H2,18,19,20,21,22). The van der Waals surface area contributed by atoms with Gasteiger partial charge in [0.25, 0.3) is 0 Å². The molecule has 3 rings (SSSR count). The van der Waals surface area contributed by atoms with E-state index in [0.29, 0.717) is 28.4 Å². The van der Waals surface area contributed by atoms with Crippen molar-refractivity contribution in [3.63, 3.8) is 0 Å². The average Bonchev–Trinajstić information content (AvgIpc) is 2.87. The normalized spacial score (nSPS) is 10.6. The fourth-order valence-corrected chi connectivity index (χ4v) is 2.23. The van der Waals surface area contributed by atoms with Gasteiger partial charge in [0, 0.05) is 28.5 Å². The van der Waals surface area contributed by atoms with E-state index in [1.54, 1.807) is 6.07 Å². The van der Waals surface area contributed by atoms with Gasteiger partial charge in [0.1, 0.15) is 11.6 Å². The topological polar surface area (TPSA) is 75.9 Å². The summed E-state index contributed by atoms with van der Waals surface area (Å²) in [5.74, 6) is 2.39. The molecule has 0 aliphatic heterocycles. The van der Waals surface area contributed by atoms with E-state index in [-0.39, 0.29) is 0 Å². The summed E-state index contributed by atoms with van der Waals surface area (Å²) >= 11 is 6.15. The van der Waals surface area contributed by atoms with Crippen LogP contribution in [0.25, 0.3) is 0 Å². The van der Waals surface area contributed by atoms with Crippen molar-refractivity contribution in [2.75, 3.05) is 10.6 Å². The van der Waals surface area contributed by atoms with Crippen LogP contribution in [0.15, 0.2) is 34.9 Å². The molecule has 0 atom stereocenters. The summed E-state index contributed by atoms with van der Waals surface area (Å²) in [5.41, 5.74) is 2.71. The number of aromatic nitrogens is 3. The molecule has 0 unspecified atom stereocenters. The Labute approximate surface area is 138 Å². The Morgan fingerprint density at radius 1 is 0.957 bits per heavy atom. The second-order valence-corrected chi connectivity index (χ2v) is 5.66. The first-order valence-corrected chi connectivity index (χ1v) is 7.46. The van der Waals surface area contributed by atoms with Crippen LogP contribution in [0.3, 0.4) is 0 Å². The summed E-state index contributed by atoms with van der Waals surface area (Å²) < 4.78 is 5.02. The van der Waals surface area contributed by atoms with Crippen LogP contribution in [0.1, 0.15) is 17.0 Å². The third-order valence-electron chi connectivity index (χ3n) is 3.17. The first-order chi connectivity index (χ1) is 11.0. The Morgan fingerprint density at radius 2 is 1.78 bits per heavy atom. The Balaban J connectivity index is 1.83. The molecule has 0 aliphatic rings. The zero-order valence-electron chi connectivity index (χ0n) is 13.0. The molecule has 1 aromatic carbocycles. The average molecular weight is 330 g/mol. The van der Waals surface area contributed by atoms with Crippen molar-refractivity contribution in [3.8, 4) is 0 Å². The number of anilines is 4. The first kappa shape index (κ1) is 15.3. The van der Waals surface area contributed by atoms with Gasteiger partial charge in [-0.15, -0.1) is 0 Å². The highest BCUT2D eigenvalue weighted by molar-refractivity contribution is 6.31. The van der Waals surface area contributed by atoms with Gasteiger partial charge in [0.05, 0.1) is 0 Å². The zero-order chi connectivity index (χ0) is 16.4. The smallest absolute Gasteiger partial charge is 0.230 e. The highest BCUT2D eigenvalue weighted by atomic mass is 35.5. The molecule has 0 spiro atoms. The van der Waals surface area contributed by atoms with Crippen LogP contribution in [0.2, 0.25) is 5.02 Å². The van der Waals surface area contributed by atoms with Crippen molar-refractivity contribution in [3.05, 3.63) is 52.4 Å². The molecular weight excluding hydrogens is 314 g/mol. The SMILES string of the molecule is Cc1cc(Nc2ccc(C)c(Cl)c2)nc(Nc2cc(C)on2)n1. The molecule has 6 nitrogen and oxygen atoms in total. The summed E-state index contributed by atoms with van der Waals surface area (Å²) in [6, 6.07) is 9.40. The lowest BCUT2D eigenvalue weighted by atomic mass is 10.2. The number of benzene rings is 1. The first-order valence-electron chi connectivity index (χ1n) is 7.09. The van der Waals surface area contributed by atoms with E-state index in [4.69, 9.17) is 16.1 Å². The number of nitrogens with one attached hydrogen (secondary N) is 2. The molecule has 2 heterocycles. The van der Waals surface area contributed by atoms with Crippen molar-refractivity contribution in [1.29, 1.82) is 0 Å². The van der Waals surface area contributed by atoms with Gasteiger partial charge in [0.2, 0.25) is 5.95 Å². The number of hydrogen-bond donors (Lipinski definition) is 2. The lowest BCUT2D eigenvalue weighted by Gasteiger charge is -2.09. The molecule has 0 radical (unpaired) electrons. The predicted molar refractivity (Wildman–Crippen MR) is 90.8 cm³/mol. The summed E-state index contributed by atoms with van der Waals surface area (Å²) in [4.78, 5) is 8.77. The number of rotatable bonds is 4. The molecule has 0 amide bonds. The van der Waals surface area contributed by atoms with Crippen molar-refractivity contribution in [2.45, 2.75) is 20.8 Å². The highest BCUT2D eigenvalue weighted by Crippen LogP contribution is 2.23. The summed E-state index contributed by atoms with van der Waals surface area (Å²) in [5, 5.41) is 10.8. The molecular formula is C16H16ClN5O. The zero-order valence-corrected chi connectivity index (χ0v) is 13.8. The minimum absolute atomic E-state index is 0.444. The van der Waals surface area contributed by atoms with E-state index in [2.05, 4.69) is 25.8 Å². The van der Waals surface area contributed by atoms with E-state index in [1.807, 2.05) is 45.0 Å². The molecule has 3 aromatic rings. The van der Waals surface area contributed by atoms with Gasteiger partial charge in [-0.1, -0.05) is 22.8 Å². The minimum Gasteiger partial charge on any atom is -0.360 e. The fraction of sp³-hybridized carbons (Fsp3) is 0.188. The third-order valence-corrected chi connectivity index (χ3v) is 3.57. The Morgan fingerprint density at radius 3 is 2.48 bits per heavy atom. The van der Waals surface area contributed by atoms with Gasteiger partial charge >= 0.3 is 0 Å². The molecule has 0 saturated carbocycles. The Kier molecular flexibility index (Phi) is 4.16. The maximum Gasteiger partial charge on any atom is 0.230 e. The number of aryl methyl sites for hydroxylation is 3. The third kappa shape index (κ3) is 3.78. The molecule has 0 aliphatic carbocycles. The summed E-state index contributed by atoms with van der Waals surface area (Å²) in [6.45, 7) is 5.68. The maximum absolute atomic E-state index is 6.15. The molecule has 0 fully saturated rings. The molecule has 23 heavy (non-hydrogen) atoms. The van der Waals surface area contributed by atoms with E-state index in [1.165, 1.54) is 0 Å². The molecule has 2 aromatic heterocycles. The highest BCUT2D eigenvalue weighted by Gasteiger charge is 2.07. The van der Waals surface area contributed by atoms with Crippen LogP contribution in [-0.2, 0) is 0 Å². The Hall–Kier alpha value is -2.60. The van der Waals surface area contributed by atoms with Crippen molar-refractivity contribution in [2.24, 2.45) is 0 Å². The van der Waals surface area contributed by atoms with Gasteiger partial charge in [-0.05, 0) is 38.5 Å². The fourth-order valence-electron chi connectivity index (χ4n) is 2.05. The van der Waals surface area contributed by atoms with Gasteiger partial charge in [-0.25, -0.2) is 4.98 Å². The second-order valence-electron chi connectivity index (χ2n) is 5.25. The second kappa shape index (κ2) is 6.26. The lowest BCUT2D eigenvalue weighted by Crippen LogP contribution is -2.02. The quantitative estimate of drug-likeness (QED) is 0.732. The van der Waals surface area contributed by atoms with E-state index in [9.17, 15) is 0 Å². The van der Waals surface area contributed by atoms with Gasteiger partial charge in [0.15, 0.2) is 5.82 Å². The molecule has 118 valence electrons. The molecule has 2 N–H and O–H groups in total. The van der Waals surface area contributed by atoms with E-state index >= 15 is 0 Å². The van der Waals surface area contributed by atoms with Crippen LogP contribution in [-0.4, -0.2) is 15.1 Å². The number of halogens is 1. The van der Waals surface area contributed by atoms with E-state index in [0.717, 1.165) is 16.9 Å². The molecule has 0 saturated heterocycles. The Bertz CT molecular complexity index is 846.